The molecule has 1 unspecified atom stereocenters. The minimum absolute atomic E-state index is 0.0969. The van der Waals surface area contributed by atoms with Gasteiger partial charge in [-0.05, 0) is 0 Å². The largest absolute Gasteiger partial charge is 0.453 e. The van der Waals surface area contributed by atoms with Crippen molar-refractivity contribution in [2.24, 2.45) is 0 Å². The van der Waals surface area contributed by atoms with Gasteiger partial charge in [0.25, 0.3) is 0 Å². The predicted octanol–water partition coefficient (Wildman–Crippen LogP) is 0.465. The lowest BCUT2D eigenvalue weighted by Crippen LogP contribution is -2.55. The van der Waals surface area contributed by atoms with Crippen LogP contribution in [0.3, 0.4) is 0 Å². The Balaban J connectivity index is 2.71. The van der Waals surface area contributed by atoms with E-state index in [1.165, 1.54) is 7.11 Å². The summed E-state index contributed by atoms with van der Waals surface area (Å²) < 4.78 is 9.58. The van der Waals surface area contributed by atoms with Gasteiger partial charge in [0, 0.05) is 13.0 Å². The van der Waals surface area contributed by atoms with Gasteiger partial charge >= 0.3 is 6.09 Å². The molecule has 1 atom stereocenters. The lowest BCUT2D eigenvalue weighted by Gasteiger charge is -2.25. The standard InChI is InChI=1S/C8H12BrNO4/c1-13-7(12)10-8(6(11)4-9)2-3-14-5-8/h2-5H2,1H3,(H,10,12). The molecule has 14 heavy (non-hydrogen) atoms. The molecular formula is C8H12BrNO4. The Kier molecular flexibility index (Phi) is 3.88. The zero-order valence-electron chi connectivity index (χ0n) is 7.84. The first-order valence-corrected chi connectivity index (χ1v) is 5.30. The van der Waals surface area contributed by atoms with Gasteiger partial charge in [-0.1, -0.05) is 15.9 Å². The normalized spacial score (nSPS) is 25.9. The molecule has 0 aromatic heterocycles. The number of hydrogen-bond acceptors (Lipinski definition) is 4. The summed E-state index contributed by atoms with van der Waals surface area (Å²) >= 11 is 3.07. The maximum Gasteiger partial charge on any atom is 0.407 e. The molecule has 5 nitrogen and oxygen atoms in total. The number of carbonyl (C=O) groups is 2. The number of halogens is 1. The zero-order chi connectivity index (χ0) is 10.6. The smallest absolute Gasteiger partial charge is 0.407 e. The van der Waals surface area contributed by atoms with Crippen LogP contribution >= 0.6 is 15.9 Å². The number of carbonyl (C=O) groups excluding carboxylic acids is 2. The fourth-order valence-corrected chi connectivity index (χ4v) is 1.86. The summed E-state index contributed by atoms with van der Waals surface area (Å²) in [5, 5.41) is 2.72. The van der Waals surface area contributed by atoms with E-state index in [0.29, 0.717) is 13.0 Å². The molecule has 1 N–H and O–H groups in total. The fraction of sp³-hybridized carbons (Fsp3) is 0.750. The number of rotatable bonds is 3. The number of methoxy groups -OCH3 is 1. The third kappa shape index (κ3) is 2.24. The van der Waals surface area contributed by atoms with E-state index in [9.17, 15) is 9.59 Å². The fourth-order valence-electron chi connectivity index (χ4n) is 1.33. The number of ether oxygens (including phenoxy) is 2. The molecule has 0 spiro atoms. The Labute approximate surface area is 90.3 Å². The Morgan fingerprint density at radius 2 is 2.36 bits per heavy atom. The summed E-state index contributed by atoms with van der Waals surface area (Å²) in [6.07, 6.45) is -0.114. The van der Waals surface area contributed by atoms with Crippen LogP contribution in [0.25, 0.3) is 0 Å². The molecule has 0 bridgehead atoms. The third-order valence-electron chi connectivity index (χ3n) is 2.20. The number of alkyl carbamates (subject to hydrolysis) is 1. The number of nitrogens with one attached hydrogen (secondary N) is 1. The maximum atomic E-state index is 11.6. The first-order chi connectivity index (χ1) is 6.64. The van der Waals surface area contributed by atoms with Gasteiger partial charge in [0.15, 0.2) is 5.78 Å². The summed E-state index contributed by atoms with van der Waals surface area (Å²) in [7, 11) is 1.26. The second-order valence-electron chi connectivity index (χ2n) is 3.06. The number of hydrogen-bond donors (Lipinski definition) is 1. The van der Waals surface area contributed by atoms with Crippen LogP contribution in [0.15, 0.2) is 0 Å². The average molecular weight is 266 g/mol. The highest BCUT2D eigenvalue weighted by Gasteiger charge is 2.42. The van der Waals surface area contributed by atoms with Crippen LogP contribution in [0.5, 0.6) is 0 Å². The molecule has 1 aliphatic rings. The predicted molar refractivity (Wildman–Crippen MR) is 52.5 cm³/mol. The van der Waals surface area contributed by atoms with E-state index in [1.807, 2.05) is 0 Å². The second-order valence-corrected chi connectivity index (χ2v) is 3.62. The molecule has 0 aromatic rings. The van der Waals surface area contributed by atoms with E-state index in [1.54, 1.807) is 0 Å². The first kappa shape index (κ1) is 11.5. The van der Waals surface area contributed by atoms with Crippen LogP contribution in [-0.4, -0.2) is 43.1 Å². The van der Waals surface area contributed by atoms with Gasteiger partial charge in [-0.2, -0.15) is 0 Å². The SMILES string of the molecule is COC(=O)NC1(C(=O)CBr)CCOC1. The monoisotopic (exact) mass is 265 g/mol. The van der Waals surface area contributed by atoms with Gasteiger partial charge < -0.3 is 14.8 Å². The third-order valence-corrected chi connectivity index (χ3v) is 2.71. The zero-order valence-corrected chi connectivity index (χ0v) is 9.43. The number of ketones is 1. The molecule has 1 heterocycles. The van der Waals surface area contributed by atoms with Crippen LogP contribution in [0, 0.1) is 0 Å². The van der Waals surface area contributed by atoms with E-state index >= 15 is 0 Å². The van der Waals surface area contributed by atoms with Crippen LogP contribution in [-0.2, 0) is 14.3 Å². The molecular weight excluding hydrogens is 254 g/mol. The van der Waals surface area contributed by atoms with Gasteiger partial charge in [-0.3, -0.25) is 4.79 Å². The molecule has 0 saturated carbocycles. The maximum absolute atomic E-state index is 11.6. The second kappa shape index (κ2) is 4.75. The van der Waals surface area contributed by atoms with Crippen molar-refractivity contribution >= 4 is 27.8 Å². The van der Waals surface area contributed by atoms with Gasteiger partial charge in [0.05, 0.1) is 19.0 Å². The van der Waals surface area contributed by atoms with Gasteiger partial charge in [-0.15, -0.1) is 0 Å². The Morgan fingerprint density at radius 1 is 1.64 bits per heavy atom. The van der Waals surface area contributed by atoms with Crippen LogP contribution in [0.2, 0.25) is 0 Å². The van der Waals surface area contributed by atoms with Crippen molar-refractivity contribution in [1.82, 2.24) is 5.32 Å². The van der Waals surface area contributed by atoms with Crippen molar-refractivity contribution in [3.8, 4) is 0 Å². The van der Waals surface area contributed by atoms with Crippen molar-refractivity contribution in [3.63, 3.8) is 0 Å². The van der Waals surface area contributed by atoms with E-state index in [2.05, 4.69) is 26.0 Å². The molecule has 80 valence electrons. The molecule has 1 fully saturated rings. The molecule has 6 heteroatoms. The summed E-state index contributed by atoms with van der Waals surface area (Å²) in [4.78, 5) is 22.6. The van der Waals surface area contributed by atoms with Crippen molar-refractivity contribution in [3.05, 3.63) is 0 Å². The number of Topliss-reactive ketones (excluding diaryl/α,β-unsaturated/α-hetero) is 1. The minimum Gasteiger partial charge on any atom is -0.453 e. The molecule has 0 radical (unpaired) electrons. The Hall–Kier alpha value is -0.620. The lowest BCUT2D eigenvalue weighted by atomic mass is 9.94. The van der Waals surface area contributed by atoms with Gasteiger partial charge in [0.1, 0.15) is 5.54 Å². The topological polar surface area (TPSA) is 64.6 Å². The molecule has 1 saturated heterocycles. The van der Waals surface area contributed by atoms with Crippen molar-refractivity contribution in [1.29, 1.82) is 0 Å². The summed E-state index contributed by atoms with van der Waals surface area (Å²) in [5.41, 5.74) is -0.906. The Morgan fingerprint density at radius 3 is 2.79 bits per heavy atom. The van der Waals surface area contributed by atoms with Crippen molar-refractivity contribution < 1.29 is 19.1 Å². The number of amides is 1. The molecule has 0 aliphatic carbocycles. The van der Waals surface area contributed by atoms with Crippen molar-refractivity contribution in [2.45, 2.75) is 12.0 Å². The number of alkyl halides is 1. The summed E-state index contributed by atoms with van der Waals surface area (Å²) in [5.74, 6) is -0.0969. The highest BCUT2D eigenvalue weighted by Crippen LogP contribution is 2.20. The highest BCUT2D eigenvalue weighted by molar-refractivity contribution is 9.09. The summed E-state index contributed by atoms with van der Waals surface area (Å²) in [6, 6.07) is 0. The molecule has 1 rings (SSSR count). The molecule has 1 amide bonds. The minimum atomic E-state index is -0.906. The van der Waals surface area contributed by atoms with E-state index in [0.717, 1.165) is 0 Å². The van der Waals surface area contributed by atoms with Crippen molar-refractivity contribution in [2.75, 3.05) is 25.7 Å². The van der Waals surface area contributed by atoms with Crippen LogP contribution in [0.4, 0.5) is 4.79 Å². The Bertz CT molecular complexity index is 237. The van der Waals surface area contributed by atoms with Gasteiger partial charge in [-0.25, -0.2) is 4.79 Å². The van der Waals surface area contributed by atoms with Crippen LogP contribution < -0.4 is 5.32 Å². The van der Waals surface area contributed by atoms with Gasteiger partial charge in [0.2, 0.25) is 0 Å². The van der Waals surface area contributed by atoms with E-state index < -0.39 is 11.6 Å². The quantitative estimate of drug-likeness (QED) is 0.754. The average Bonchev–Trinajstić information content (AvgIpc) is 2.66. The lowest BCUT2D eigenvalue weighted by molar-refractivity contribution is -0.122. The van der Waals surface area contributed by atoms with Crippen LogP contribution in [0.1, 0.15) is 6.42 Å². The van der Waals surface area contributed by atoms with E-state index in [-0.39, 0.29) is 17.7 Å². The highest BCUT2D eigenvalue weighted by atomic mass is 79.9. The van der Waals surface area contributed by atoms with E-state index in [4.69, 9.17) is 4.74 Å². The first-order valence-electron chi connectivity index (χ1n) is 4.18. The molecule has 0 aromatic carbocycles. The molecule has 1 aliphatic heterocycles. The summed E-state index contributed by atoms with van der Waals surface area (Å²) in [6.45, 7) is 0.690.